The Kier molecular flexibility index (Phi) is 10.00. The molecule has 228 valence electrons. The fourth-order valence-electron chi connectivity index (χ4n) is 5.79. The molecule has 0 radical (unpaired) electrons. The van der Waals surface area contributed by atoms with Gasteiger partial charge in [0.15, 0.2) is 5.75 Å². The number of carbonyl (C=O) groups excluding carboxylic acids is 2. The molecule has 2 N–H and O–H groups in total. The van der Waals surface area contributed by atoms with E-state index in [0.29, 0.717) is 30.1 Å². The topological polar surface area (TPSA) is 83.1 Å². The maximum Gasteiger partial charge on any atom is 0.257 e. The molecule has 0 saturated carbocycles. The van der Waals surface area contributed by atoms with Gasteiger partial charge in [0, 0.05) is 31.6 Å². The lowest BCUT2D eigenvalue weighted by Crippen LogP contribution is -2.48. The molecule has 3 aromatic rings. The highest BCUT2D eigenvalue weighted by Gasteiger charge is 2.34. The van der Waals surface area contributed by atoms with E-state index in [1.54, 1.807) is 6.07 Å². The average Bonchev–Trinajstić information content (AvgIpc) is 3.01. The lowest BCUT2D eigenvalue weighted by Gasteiger charge is -2.38. The first-order valence-electron chi connectivity index (χ1n) is 15.4. The minimum absolute atomic E-state index is 0.0283. The van der Waals surface area contributed by atoms with Crippen LogP contribution in [0, 0.1) is 5.92 Å². The Morgan fingerprint density at radius 3 is 2.49 bits per heavy atom. The van der Waals surface area contributed by atoms with E-state index in [9.17, 15) is 9.59 Å². The maximum absolute atomic E-state index is 13.7. The van der Waals surface area contributed by atoms with E-state index in [1.807, 2.05) is 73.3 Å². The number of ether oxygens (including phenoxy) is 2. The van der Waals surface area contributed by atoms with Gasteiger partial charge in [0.25, 0.3) is 5.91 Å². The maximum atomic E-state index is 13.7. The lowest BCUT2D eigenvalue weighted by atomic mass is 9.98. The third-order valence-electron chi connectivity index (χ3n) is 8.25. The van der Waals surface area contributed by atoms with Crippen LogP contribution in [0.2, 0.25) is 0 Å². The van der Waals surface area contributed by atoms with Crippen molar-refractivity contribution in [2.45, 2.75) is 64.8 Å². The first-order chi connectivity index (χ1) is 20.8. The summed E-state index contributed by atoms with van der Waals surface area (Å²) >= 11 is 0. The molecule has 3 atom stereocenters. The molecule has 1 saturated heterocycles. The Morgan fingerprint density at radius 2 is 1.79 bits per heavy atom. The van der Waals surface area contributed by atoms with Gasteiger partial charge >= 0.3 is 0 Å². The SMILES string of the molecule is CC(C)N1C[C@H](C)[C@@H](CN(C)Cc2ccc(Oc3ccccc3)cc2)Oc2c(NC(=O)C3CCCCN3)cccc2C1=O. The summed E-state index contributed by atoms with van der Waals surface area (Å²) in [5.41, 5.74) is 2.19. The zero-order valence-corrected chi connectivity index (χ0v) is 25.7. The number of anilines is 1. The normalized spacial score (nSPS) is 20.7. The zero-order valence-electron chi connectivity index (χ0n) is 25.7. The minimum Gasteiger partial charge on any atom is -0.486 e. The number of nitrogens with one attached hydrogen (secondary N) is 2. The highest BCUT2D eigenvalue weighted by molar-refractivity contribution is 6.02. The fraction of sp³-hybridized carbons (Fsp3) is 0.429. The van der Waals surface area contributed by atoms with Crippen LogP contribution in [-0.2, 0) is 11.3 Å². The molecule has 2 amide bonds. The number of benzene rings is 3. The zero-order chi connectivity index (χ0) is 30.3. The molecule has 1 unspecified atom stereocenters. The van der Waals surface area contributed by atoms with E-state index in [4.69, 9.17) is 9.47 Å². The molecule has 2 aliphatic heterocycles. The second-order valence-electron chi connectivity index (χ2n) is 12.1. The second-order valence-corrected chi connectivity index (χ2v) is 12.1. The van der Waals surface area contributed by atoms with Crippen molar-refractivity contribution in [2.75, 3.05) is 32.0 Å². The van der Waals surface area contributed by atoms with Crippen LogP contribution in [0.25, 0.3) is 0 Å². The van der Waals surface area contributed by atoms with E-state index in [1.165, 1.54) is 0 Å². The van der Waals surface area contributed by atoms with Crippen LogP contribution in [0.4, 0.5) is 5.69 Å². The van der Waals surface area contributed by atoms with Gasteiger partial charge < -0.3 is 25.0 Å². The van der Waals surface area contributed by atoms with Gasteiger partial charge in [-0.05, 0) is 82.2 Å². The van der Waals surface area contributed by atoms with Gasteiger partial charge in [-0.2, -0.15) is 0 Å². The standard InChI is InChI=1S/C35H44N4O4/c1-24(2)39-21-25(3)32(23-38(4)22-26-16-18-28(19-17-26)42-27-11-6-5-7-12-27)43-33-29(35(39)41)13-10-15-30(33)37-34(40)31-14-8-9-20-36-31/h5-7,10-13,15-19,24-25,31-32,36H,8-9,14,20-23H2,1-4H3,(H,37,40)/t25-,31?,32+/m0/s1. The number of amides is 2. The molecular weight excluding hydrogens is 540 g/mol. The first-order valence-corrected chi connectivity index (χ1v) is 15.4. The molecule has 3 aromatic carbocycles. The summed E-state index contributed by atoms with van der Waals surface area (Å²) in [5.74, 6) is 1.95. The summed E-state index contributed by atoms with van der Waals surface area (Å²) in [6, 6.07) is 23.1. The highest BCUT2D eigenvalue weighted by Crippen LogP contribution is 2.35. The predicted molar refractivity (Wildman–Crippen MR) is 170 cm³/mol. The number of para-hydroxylation sites is 2. The number of likely N-dealkylation sites (N-methyl/N-ethyl adjacent to an activating group) is 1. The summed E-state index contributed by atoms with van der Waals surface area (Å²) in [5, 5.41) is 6.39. The highest BCUT2D eigenvalue weighted by atomic mass is 16.5. The molecule has 0 aromatic heterocycles. The molecule has 8 nitrogen and oxygen atoms in total. The number of rotatable bonds is 9. The molecule has 8 heteroatoms. The summed E-state index contributed by atoms with van der Waals surface area (Å²) in [7, 11) is 2.08. The van der Waals surface area contributed by atoms with Crippen LogP contribution < -0.4 is 20.1 Å². The Morgan fingerprint density at radius 1 is 1.05 bits per heavy atom. The van der Waals surface area contributed by atoms with Crippen LogP contribution in [-0.4, -0.2) is 66.5 Å². The second kappa shape index (κ2) is 14.1. The van der Waals surface area contributed by atoms with Crippen molar-refractivity contribution in [2.24, 2.45) is 5.92 Å². The van der Waals surface area contributed by atoms with E-state index in [0.717, 1.165) is 49.4 Å². The number of hydrogen-bond donors (Lipinski definition) is 2. The van der Waals surface area contributed by atoms with Crippen LogP contribution >= 0.6 is 0 Å². The monoisotopic (exact) mass is 584 g/mol. The summed E-state index contributed by atoms with van der Waals surface area (Å²) < 4.78 is 12.7. The van der Waals surface area contributed by atoms with Crippen molar-refractivity contribution in [3.8, 4) is 17.2 Å². The van der Waals surface area contributed by atoms with Crippen LogP contribution in [0.1, 0.15) is 56.0 Å². The minimum atomic E-state index is -0.244. The summed E-state index contributed by atoms with van der Waals surface area (Å²) in [6.07, 6.45) is 2.69. The fourth-order valence-corrected chi connectivity index (χ4v) is 5.79. The van der Waals surface area contributed by atoms with Gasteiger partial charge in [-0.15, -0.1) is 0 Å². The molecular formula is C35H44N4O4. The molecule has 1 fully saturated rings. The van der Waals surface area contributed by atoms with Crippen molar-refractivity contribution >= 4 is 17.5 Å². The van der Waals surface area contributed by atoms with Gasteiger partial charge in [-0.1, -0.05) is 49.7 Å². The number of piperidine rings is 1. The van der Waals surface area contributed by atoms with Crippen LogP contribution in [0.5, 0.6) is 17.2 Å². The van der Waals surface area contributed by atoms with E-state index < -0.39 is 0 Å². The number of fused-ring (bicyclic) bond motifs is 1. The van der Waals surface area contributed by atoms with Crippen molar-refractivity contribution < 1.29 is 19.1 Å². The van der Waals surface area contributed by atoms with Crippen molar-refractivity contribution in [1.29, 1.82) is 0 Å². The summed E-state index contributed by atoms with van der Waals surface area (Å²) in [6.45, 7) is 9.01. The number of nitrogens with zero attached hydrogens (tertiary/aromatic N) is 2. The lowest BCUT2D eigenvalue weighted by molar-refractivity contribution is -0.118. The molecule has 0 aliphatic carbocycles. The summed E-state index contributed by atoms with van der Waals surface area (Å²) in [4.78, 5) is 31.1. The van der Waals surface area contributed by atoms with Crippen molar-refractivity contribution in [3.63, 3.8) is 0 Å². The van der Waals surface area contributed by atoms with E-state index in [2.05, 4.69) is 41.6 Å². The van der Waals surface area contributed by atoms with E-state index in [-0.39, 0.29) is 35.9 Å². The Hall–Kier alpha value is -3.88. The smallest absolute Gasteiger partial charge is 0.257 e. The van der Waals surface area contributed by atoms with E-state index >= 15 is 0 Å². The van der Waals surface area contributed by atoms with Crippen molar-refractivity contribution in [3.05, 3.63) is 83.9 Å². The molecule has 2 heterocycles. The molecule has 43 heavy (non-hydrogen) atoms. The molecule has 0 bridgehead atoms. The van der Waals surface area contributed by atoms with Gasteiger partial charge in [-0.3, -0.25) is 14.5 Å². The molecule has 2 aliphatic rings. The Labute approximate surface area is 255 Å². The predicted octanol–water partition coefficient (Wildman–Crippen LogP) is 5.94. The van der Waals surface area contributed by atoms with Gasteiger partial charge in [-0.25, -0.2) is 0 Å². The quantitative estimate of drug-likeness (QED) is 0.324. The van der Waals surface area contributed by atoms with Gasteiger partial charge in [0.05, 0.1) is 17.3 Å². The van der Waals surface area contributed by atoms with Crippen LogP contribution in [0.3, 0.4) is 0 Å². The third-order valence-corrected chi connectivity index (χ3v) is 8.25. The average molecular weight is 585 g/mol. The van der Waals surface area contributed by atoms with Gasteiger partial charge in [0.1, 0.15) is 17.6 Å². The van der Waals surface area contributed by atoms with Crippen LogP contribution in [0.15, 0.2) is 72.8 Å². The third kappa shape index (κ3) is 7.75. The first kappa shape index (κ1) is 30.6. The number of carbonyl (C=O) groups is 2. The number of hydrogen-bond acceptors (Lipinski definition) is 6. The Balaban J connectivity index is 1.33. The van der Waals surface area contributed by atoms with Crippen molar-refractivity contribution in [1.82, 2.24) is 15.1 Å². The largest absolute Gasteiger partial charge is 0.486 e. The molecule has 0 spiro atoms. The van der Waals surface area contributed by atoms with Gasteiger partial charge in [0.2, 0.25) is 5.91 Å². The molecule has 5 rings (SSSR count). The Bertz CT molecular complexity index is 1370.